The molecule has 2 aromatic rings. The Kier molecular flexibility index (Phi) is 8.39. The van der Waals surface area contributed by atoms with Gasteiger partial charge in [-0.25, -0.2) is 13.1 Å². The van der Waals surface area contributed by atoms with E-state index >= 15 is 0 Å². The van der Waals surface area contributed by atoms with Crippen molar-refractivity contribution in [2.24, 2.45) is 0 Å². The van der Waals surface area contributed by atoms with E-state index in [1.165, 1.54) is 12.1 Å². The minimum absolute atomic E-state index is 0.159. The van der Waals surface area contributed by atoms with Gasteiger partial charge < -0.3 is 19.7 Å². The van der Waals surface area contributed by atoms with E-state index in [4.69, 9.17) is 9.47 Å². The van der Waals surface area contributed by atoms with Crippen molar-refractivity contribution in [2.75, 3.05) is 52.8 Å². The second-order valence-corrected chi connectivity index (χ2v) is 8.35. The molecule has 10 nitrogen and oxygen atoms in total. The van der Waals surface area contributed by atoms with Crippen molar-refractivity contribution in [2.45, 2.75) is 4.90 Å². The quantitative estimate of drug-likeness (QED) is 0.293. The van der Waals surface area contributed by atoms with Crippen LogP contribution in [-0.4, -0.2) is 65.7 Å². The standard InChI is InChI=1S/C19H26N4O6S/c1-22(2)12-10-21-30(26,27)17-8-9-18(19(14-17)23(24)25)20-11-13-29-16-6-4-15(28-3)5-7-16/h4-9,14,20-21H,10-13H2,1-3H3. The predicted molar refractivity (Wildman–Crippen MR) is 114 cm³/mol. The lowest BCUT2D eigenvalue weighted by Gasteiger charge is -2.12. The van der Waals surface area contributed by atoms with Gasteiger partial charge in [0.2, 0.25) is 10.0 Å². The van der Waals surface area contributed by atoms with Crippen LogP contribution < -0.4 is 19.5 Å². The molecule has 0 aliphatic rings. The number of nitro groups is 1. The number of nitrogens with one attached hydrogen (secondary N) is 2. The molecule has 0 aromatic heterocycles. The van der Waals surface area contributed by atoms with E-state index in [1.54, 1.807) is 31.4 Å². The van der Waals surface area contributed by atoms with E-state index in [1.807, 2.05) is 19.0 Å². The predicted octanol–water partition coefficient (Wildman–Crippen LogP) is 1.93. The molecule has 0 saturated carbocycles. The lowest BCUT2D eigenvalue weighted by Crippen LogP contribution is -2.31. The summed E-state index contributed by atoms with van der Waals surface area (Å²) in [6.45, 7) is 1.26. The molecule has 0 saturated heterocycles. The summed E-state index contributed by atoms with van der Waals surface area (Å²) in [4.78, 5) is 12.5. The zero-order valence-corrected chi connectivity index (χ0v) is 17.9. The molecule has 11 heteroatoms. The van der Waals surface area contributed by atoms with E-state index in [0.717, 1.165) is 6.07 Å². The molecule has 0 spiro atoms. The number of methoxy groups -OCH3 is 1. The molecule has 0 heterocycles. The summed E-state index contributed by atoms with van der Waals surface area (Å²) < 4.78 is 37.8. The third-order valence-electron chi connectivity index (χ3n) is 4.07. The van der Waals surface area contributed by atoms with Crippen LogP contribution in [0.2, 0.25) is 0 Å². The molecular formula is C19H26N4O6S. The first-order chi connectivity index (χ1) is 14.2. The van der Waals surface area contributed by atoms with Crippen LogP contribution >= 0.6 is 0 Å². The van der Waals surface area contributed by atoms with Gasteiger partial charge in [-0.05, 0) is 50.5 Å². The summed E-state index contributed by atoms with van der Waals surface area (Å²) in [5.41, 5.74) is -0.111. The fraction of sp³-hybridized carbons (Fsp3) is 0.368. The van der Waals surface area contributed by atoms with E-state index in [2.05, 4.69) is 10.0 Å². The normalized spacial score (nSPS) is 11.3. The average Bonchev–Trinajstić information content (AvgIpc) is 2.71. The minimum atomic E-state index is -3.84. The Labute approximate surface area is 176 Å². The number of sulfonamides is 1. The summed E-state index contributed by atoms with van der Waals surface area (Å²) in [5, 5.41) is 14.3. The van der Waals surface area contributed by atoms with Gasteiger partial charge in [0, 0.05) is 25.7 Å². The van der Waals surface area contributed by atoms with E-state index in [-0.39, 0.29) is 29.4 Å². The largest absolute Gasteiger partial charge is 0.497 e. The van der Waals surface area contributed by atoms with Gasteiger partial charge in [-0.1, -0.05) is 0 Å². The number of hydrogen-bond acceptors (Lipinski definition) is 8. The Morgan fingerprint density at radius 2 is 1.73 bits per heavy atom. The first-order valence-corrected chi connectivity index (χ1v) is 10.6. The van der Waals surface area contributed by atoms with Crippen LogP contribution in [0.3, 0.4) is 0 Å². The number of anilines is 1. The molecule has 30 heavy (non-hydrogen) atoms. The van der Waals surface area contributed by atoms with E-state index < -0.39 is 14.9 Å². The molecule has 0 amide bonds. The zero-order valence-electron chi connectivity index (χ0n) is 17.1. The number of benzene rings is 2. The molecule has 0 unspecified atom stereocenters. The van der Waals surface area contributed by atoms with Crippen LogP contribution in [0.4, 0.5) is 11.4 Å². The number of ether oxygens (including phenoxy) is 2. The maximum Gasteiger partial charge on any atom is 0.293 e. The van der Waals surface area contributed by atoms with Gasteiger partial charge in [0.15, 0.2) is 0 Å². The average molecular weight is 439 g/mol. The van der Waals surface area contributed by atoms with Gasteiger partial charge in [0.25, 0.3) is 5.69 Å². The molecule has 0 radical (unpaired) electrons. The van der Waals surface area contributed by atoms with Gasteiger partial charge in [-0.15, -0.1) is 0 Å². The highest BCUT2D eigenvalue weighted by Gasteiger charge is 2.21. The lowest BCUT2D eigenvalue weighted by atomic mass is 10.2. The molecule has 2 aromatic carbocycles. The first kappa shape index (κ1) is 23.4. The summed E-state index contributed by atoms with van der Waals surface area (Å²) in [7, 11) is 1.37. The maximum absolute atomic E-state index is 12.4. The molecule has 0 fully saturated rings. The number of likely N-dealkylation sites (N-methyl/N-ethyl adjacent to an activating group) is 1. The van der Waals surface area contributed by atoms with Gasteiger partial charge in [-0.3, -0.25) is 10.1 Å². The van der Waals surface area contributed by atoms with Crippen LogP contribution in [0.5, 0.6) is 11.5 Å². The Hall–Kier alpha value is -2.89. The number of nitro benzene ring substituents is 1. The molecule has 0 atom stereocenters. The zero-order chi connectivity index (χ0) is 22.1. The van der Waals surface area contributed by atoms with Gasteiger partial charge in [-0.2, -0.15) is 0 Å². The highest BCUT2D eigenvalue weighted by Crippen LogP contribution is 2.27. The number of rotatable bonds is 12. The van der Waals surface area contributed by atoms with Crippen LogP contribution in [-0.2, 0) is 10.0 Å². The molecule has 2 N–H and O–H groups in total. The maximum atomic E-state index is 12.4. The van der Waals surface area contributed by atoms with E-state index in [0.29, 0.717) is 24.6 Å². The fourth-order valence-corrected chi connectivity index (χ4v) is 3.53. The second kappa shape index (κ2) is 10.8. The molecular weight excluding hydrogens is 412 g/mol. The van der Waals surface area contributed by atoms with Crippen LogP contribution in [0.25, 0.3) is 0 Å². The van der Waals surface area contributed by atoms with Crippen molar-refractivity contribution in [3.05, 3.63) is 52.6 Å². The Morgan fingerprint density at radius 1 is 1.07 bits per heavy atom. The Bertz CT molecular complexity index is 948. The van der Waals surface area contributed by atoms with Gasteiger partial charge in [0.1, 0.15) is 23.8 Å². The molecule has 0 aliphatic heterocycles. The van der Waals surface area contributed by atoms with Crippen molar-refractivity contribution in [1.29, 1.82) is 0 Å². The van der Waals surface area contributed by atoms with Crippen LogP contribution in [0.1, 0.15) is 0 Å². The monoisotopic (exact) mass is 438 g/mol. The second-order valence-electron chi connectivity index (χ2n) is 6.59. The van der Waals surface area contributed by atoms with Crippen LogP contribution in [0, 0.1) is 10.1 Å². The SMILES string of the molecule is COc1ccc(OCCNc2ccc(S(=O)(=O)NCCN(C)C)cc2[N+](=O)[O-])cc1. The number of nitrogens with zero attached hydrogens (tertiary/aromatic N) is 2. The lowest BCUT2D eigenvalue weighted by molar-refractivity contribution is -0.384. The highest BCUT2D eigenvalue weighted by atomic mass is 32.2. The van der Waals surface area contributed by atoms with Crippen molar-refractivity contribution < 1.29 is 22.8 Å². The third kappa shape index (κ3) is 6.87. The van der Waals surface area contributed by atoms with Crippen molar-refractivity contribution in [3.63, 3.8) is 0 Å². The minimum Gasteiger partial charge on any atom is -0.497 e. The summed E-state index contributed by atoms with van der Waals surface area (Å²) in [6.07, 6.45) is 0. The number of hydrogen-bond donors (Lipinski definition) is 2. The first-order valence-electron chi connectivity index (χ1n) is 9.16. The topological polar surface area (TPSA) is 123 Å². The third-order valence-corrected chi connectivity index (χ3v) is 5.53. The van der Waals surface area contributed by atoms with Crippen LogP contribution in [0.15, 0.2) is 47.4 Å². The highest BCUT2D eigenvalue weighted by molar-refractivity contribution is 7.89. The molecule has 2 rings (SSSR count). The molecule has 164 valence electrons. The van der Waals surface area contributed by atoms with E-state index in [9.17, 15) is 18.5 Å². The van der Waals surface area contributed by atoms with Crippen molar-refractivity contribution in [3.8, 4) is 11.5 Å². The van der Waals surface area contributed by atoms with Gasteiger partial charge in [0.05, 0.1) is 16.9 Å². The summed E-state index contributed by atoms with van der Waals surface area (Å²) in [6, 6.07) is 10.8. The molecule has 0 aliphatic carbocycles. The fourth-order valence-electron chi connectivity index (χ4n) is 2.49. The van der Waals surface area contributed by atoms with Crippen molar-refractivity contribution >= 4 is 21.4 Å². The summed E-state index contributed by atoms with van der Waals surface area (Å²) in [5.74, 6) is 1.35. The Balaban J connectivity index is 1.99. The molecule has 0 bridgehead atoms. The van der Waals surface area contributed by atoms with Gasteiger partial charge >= 0.3 is 0 Å². The smallest absolute Gasteiger partial charge is 0.293 e. The Morgan fingerprint density at radius 3 is 2.33 bits per heavy atom. The van der Waals surface area contributed by atoms with Crippen molar-refractivity contribution in [1.82, 2.24) is 9.62 Å². The summed E-state index contributed by atoms with van der Waals surface area (Å²) >= 11 is 0.